The Labute approximate surface area is 56.4 Å². The zero-order valence-electron chi connectivity index (χ0n) is 3.81. The molecule has 1 rings (SSSR count). The quantitative estimate of drug-likeness (QED) is 0.567. The maximum Gasteiger partial charge on any atom is 0.151 e. The Morgan fingerprint density at radius 1 is 1.00 bits per heavy atom. The monoisotopic (exact) mass is 152 g/mol. The van der Waals surface area contributed by atoms with Crippen molar-refractivity contribution in [1.82, 2.24) is 10.2 Å². The molecular formula is C4H2Cl2N2. The van der Waals surface area contributed by atoms with Gasteiger partial charge in [0.05, 0.1) is 0 Å². The number of hydrogen-bond donors (Lipinski definition) is 0. The van der Waals surface area contributed by atoms with Crippen LogP contribution in [-0.4, -0.2) is 10.2 Å². The number of rotatable bonds is 0. The highest BCUT2D eigenvalue weighted by atomic mass is 35.5. The van der Waals surface area contributed by atoms with Crippen LogP contribution in [0.25, 0.3) is 0 Å². The van der Waals surface area contributed by atoms with Gasteiger partial charge in [0.2, 0.25) is 0 Å². The van der Waals surface area contributed by atoms with E-state index in [0.717, 1.165) is 0 Å². The topological polar surface area (TPSA) is 25.8 Å². The Morgan fingerprint density at radius 3 is 1.62 bits per heavy atom. The predicted molar refractivity (Wildman–Crippen MR) is 32.1 cm³/mol. The van der Waals surface area contributed by atoms with Crippen molar-refractivity contribution < 1.29 is 0 Å². The molecule has 2 nitrogen and oxygen atoms in total. The normalized spacial score (nSPS) is 9.25. The molecule has 0 aliphatic rings. The Bertz CT molecular complexity index is 151. The third-order valence-electron chi connectivity index (χ3n) is 0.599. The van der Waals surface area contributed by atoms with Gasteiger partial charge >= 0.3 is 0 Å². The van der Waals surface area contributed by atoms with Gasteiger partial charge in [0.15, 0.2) is 10.3 Å². The van der Waals surface area contributed by atoms with Crippen molar-refractivity contribution in [3.05, 3.63) is 22.4 Å². The largest absolute Gasteiger partial charge is 0.151 e. The highest BCUT2D eigenvalue weighted by Crippen LogP contribution is 2.05. The fourth-order valence-electron chi connectivity index (χ4n) is 0.300. The van der Waals surface area contributed by atoms with Crippen LogP contribution in [0.5, 0.6) is 0 Å². The molecule has 8 heavy (non-hydrogen) atoms. The Kier molecular flexibility index (Phi) is 1.65. The fourth-order valence-corrected chi connectivity index (χ4v) is 0.501. The minimum Gasteiger partial charge on any atom is -0.137 e. The van der Waals surface area contributed by atoms with Crippen molar-refractivity contribution in [2.45, 2.75) is 0 Å². The zero-order valence-corrected chi connectivity index (χ0v) is 5.32. The summed E-state index contributed by atoms with van der Waals surface area (Å²) < 4.78 is 0. The Hall–Kier alpha value is -0.340. The zero-order chi connectivity index (χ0) is 5.98. The maximum absolute atomic E-state index is 5.38. The smallest absolute Gasteiger partial charge is 0.137 e. The molecule has 0 saturated carbocycles. The first-order valence-electron chi connectivity index (χ1n) is 1.94. The van der Waals surface area contributed by atoms with Crippen LogP contribution in [0, 0.1) is 0 Å². The van der Waals surface area contributed by atoms with Gasteiger partial charge in [-0.05, 0) is 12.1 Å². The van der Waals surface area contributed by atoms with Gasteiger partial charge in [-0.2, -0.15) is 0 Å². The van der Waals surface area contributed by atoms with E-state index < -0.39 is 0 Å². The molecule has 0 radical (unpaired) electrons. The van der Waals surface area contributed by atoms with Gasteiger partial charge in [-0.15, -0.1) is 10.2 Å². The molecule has 1 heterocycles. The highest BCUT2D eigenvalue weighted by molar-refractivity contribution is 6.31. The first kappa shape index (κ1) is 5.79. The minimum atomic E-state index is 0.356. The van der Waals surface area contributed by atoms with Gasteiger partial charge in [-0.25, -0.2) is 0 Å². The van der Waals surface area contributed by atoms with Crippen molar-refractivity contribution in [2.75, 3.05) is 0 Å². The summed E-state index contributed by atoms with van der Waals surface area (Å²) in [6.07, 6.45) is 0. The molecule has 4 heteroatoms. The Morgan fingerprint density at radius 2 is 1.38 bits per heavy atom. The molecule has 0 bridgehead atoms. The van der Waals surface area contributed by atoms with Crippen molar-refractivity contribution in [3.8, 4) is 0 Å². The summed E-state index contributed by atoms with van der Waals surface area (Å²) in [4.78, 5) is 0. The highest BCUT2D eigenvalue weighted by Gasteiger charge is 1.87. The second-order valence-electron chi connectivity index (χ2n) is 1.18. The minimum absolute atomic E-state index is 0.356. The van der Waals surface area contributed by atoms with Crippen molar-refractivity contribution in [1.29, 1.82) is 0 Å². The molecule has 0 atom stereocenters. The van der Waals surface area contributed by atoms with E-state index in [1.54, 1.807) is 12.1 Å². The second-order valence-corrected chi connectivity index (χ2v) is 1.95. The molecule has 0 fully saturated rings. The average molecular weight is 153 g/mol. The van der Waals surface area contributed by atoms with E-state index in [-0.39, 0.29) is 0 Å². The second kappa shape index (κ2) is 2.29. The molecule has 0 N–H and O–H groups in total. The first-order valence-corrected chi connectivity index (χ1v) is 2.69. The summed E-state index contributed by atoms with van der Waals surface area (Å²) >= 11 is 10.8. The van der Waals surface area contributed by atoms with Crippen molar-refractivity contribution >= 4 is 23.2 Å². The number of hydrogen-bond acceptors (Lipinski definition) is 2. The lowest BCUT2D eigenvalue weighted by molar-refractivity contribution is 1.03. The molecular weight excluding hydrogens is 151 g/mol. The van der Waals surface area contributed by atoms with Gasteiger partial charge in [0.25, 0.3) is 0 Å². The van der Waals surface area contributed by atoms with E-state index in [9.17, 15) is 0 Å². The summed E-state index contributed by atoms with van der Waals surface area (Å²) in [5.74, 6) is 0. The third kappa shape index (κ3) is 1.32. The van der Waals surface area contributed by atoms with Gasteiger partial charge < -0.3 is 0 Å². The molecule has 1 aromatic rings. The molecule has 0 spiro atoms. The lowest BCUT2D eigenvalue weighted by atomic mass is 10.8. The third-order valence-corrected chi connectivity index (χ3v) is 1.00. The van der Waals surface area contributed by atoms with Gasteiger partial charge in [0, 0.05) is 0 Å². The van der Waals surface area contributed by atoms with E-state index in [2.05, 4.69) is 10.2 Å². The molecule has 0 aromatic carbocycles. The van der Waals surface area contributed by atoms with Crippen LogP contribution < -0.4 is 0 Å². The maximum atomic E-state index is 5.38. The predicted octanol–water partition coefficient (Wildman–Crippen LogP) is 1.78. The molecule has 0 unspecified atom stereocenters. The van der Waals surface area contributed by atoms with Gasteiger partial charge in [0.1, 0.15) is 0 Å². The first-order chi connectivity index (χ1) is 3.79. The fraction of sp³-hybridized carbons (Fsp3) is 0. The van der Waals surface area contributed by atoms with Crippen LogP contribution in [0.1, 0.15) is 0 Å². The summed E-state index contributed by atoms with van der Waals surface area (Å²) in [5, 5.41) is 7.64. The van der Waals surface area contributed by atoms with E-state index in [1.165, 1.54) is 0 Å². The van der Waals surface area contributed by atoms with Crippen molar-refractivity contribution in [2.24, 2.45) is 0 Å². The van der Waals surface area contributed by atoms with E-state index in [1.807, 2.05) is 0 Å². The standard InChI is InChI=1S/C4H2Cl2N2/c5-3-1-2-4(6)8-7-3/h1-2H/i3+1,4+1,7+1,8+1. The van der Waals surface area contributed by atoms with Gasteiger partial charge in [-0.1, -0.05) is 23.2 Å². The van der Waals surface area contributed by atoms with Gasteiger partial charge in [-0.3, -0.25) is 0 Å². The summed E-state index contributed by atoms with van der Waals surface area (Å²) in [6.45, 7) is 0. The lowest BCUT2D eigenvalue weighted by Gasteiger charge is -1.83. The van der Waals surface area contributed by atoms with Crippen LogP contribution in [-0.2, 0) is 0 Å². The number of halogens is 2. The lowest BCUT2D eigenvalue weighted by Crippen LogP contribution is -1.78. The average Bonchev–Trinajstić information content (AvgIpc) is 1.77. The van der Waals surface area contributed by atoms with Crippen LogP contribution >= 0.6 is 23.2 Å². The molecule has 0 aliphatic carbocycles. The molecule has 0 saturated heterocycles. The molecule has 0 aliphatic heterocycles. The van der Waals surface area contributed by atoms with E-state index in [4.69, 9.17) is 23.2 Å². The van der Waals surface area contributed by atoms with Crippen LogP contribution in [0.2, 0.25) is 10.3 Å². The SMILES string of the molecule is Cl[13c]1cc[13c](Cl)[15n][15n]1. The van der Waals surface area contributed by atoms with Crippen LogP contribution in [0.15, 0.2) is 12.1 Å². The molecule has 42 valence electrons. The van der Waals surface area contributed by atoms with E-state index in [0.29, 0.717) is 10.3 Å². The molecule has 0 amide bonds. The number of aromatic nitrogens is 2. The van der Waals surface area contributed by atoms with Crippen LogP contribution in [0.4, 0.5) is 0 Å². The van der Waals surface area contributed by atoms with E-state index >= 15 is 0 Å². The van der Waals surface area contributed by atoms with Crippen molar-refractivity contribution in [3.63, 3.8) is 0 Å². The summed E-state index contributed by atoms with van der Waals surface area (Å²) in [6, 6.07) is 3.16. The summed E-state index contributed by atoms with van der Waals surface area (Å²) in [7, 11) is 0. The summed E-state index contributed by atoms with van der Waals surface area (Å²) in [5.41, 5.74) is 0. The number of nitrogens with zero attached hydrogens (tertiary/aromatic N) is 2. The van der Waals surface area contributed by atoms with Crippen LogP contribution in [0.3, 0.4) is 0 Å². The molecule has 1 aromatic heterocycles. The Balaban J connectivity index is 3.03.